The van der Waals surface area contributed by atoms with Crippen LogP contribution in [0.5, 0.6) is 5.75 Å². The third-order valence-corrected chi connectivity index (χ3v) is 3.64. The molecule has 1 atom stereocenters. The summed E-state index contributed by atoms with van der Waals surface area (Å²) in [5.74, 6) is 1.64. The molecular weight excluding hydrogens is 320 g/mol. The number of aromatic nitrogens is 2. The van der Waals surface area contributed by atoms with Crippen LogP contribution in [-0.2, 0) is 9.53 Å². The minimum atomic E-state index is -0.383. The minimum absolute atomic E-state index is 0.141. The zero-order chi connectivity index (χ0) is 17.6. The van der Waals surface area contributed by atoms with E-state index in [1.54, 1.807) is 12.1 Å². The van der Waals surface area contributed by atoms with Crippen molar-refractivity contribution in [3.63, 3.8) is 0 Å². The van der Waals surface area contributed by atoms with Gasteiger partial charge in [-0.15, -0.1) is 10.2 Å². The fourth-order valence-corrected chi connectivity index (χ4v) is 2.49. The molecule has 1 saturated heterocycles. The number of nitrogens with one attached hydrogen (secondary N) is 2. The molecule has 1 aromatic carbocycles. The van der Waals surface area contributed by atoms with Gasteiger partial charge in [0.1, 0.15) is 11.9 Å². The first kappa shape index (κ1) is 17.2. The van der Waals surface area contributed by atoms with Crippen LogP contribution in [0, 0.1) is 0 Å². The lowest BCUT2D eigenvalue weighted by molar-refractivity contribution is -0.124. The van der Waals surface area contributed by atoms with Crippen LogP contribution in [0.2, 0.25) is 0 Å². The molecule has 0 saturated carbocycles. The van der Waals surface area contributed by atoms with Crippen LogP contribution >= 0.6 is 0 Å². The summed E-state index contributed by atoms with van der Waals surface area (Å²) in [7, 11) is 0. The van der Waals surface area contributed by atoms with Crippen LogP contribution < -0.4 is 15.4 Å². The van der Waals surface area contributed by atoms with Crippen molar-refractivity contribution < 1.29 is 14.3 Å². The van der Waals surface area contributed by atoms with E-state index in [-0.39, 0.29) is 18.1 Å². The highest BCUT2D eigenvalue weighted by molar-refractivity contribution is 5.93. The first-order valence-electron chi connectivity index (χ1n) is 8.40. The Morgan fingerprint density at radius 3 is 2.48 bits per heavy atom. The maximum Gasteiger partial charge on any atom is 0.254 e. The van der Waals surface area contributed by atoms with E-state index in [0.29, 0.717) is 18.2 Å². The van der Waals surface area contributed by atoms with Crippen molar-refractivity contribution in [3.05, 3.63) is 36.4 Å². The van der Waals surface area contributed by atoms with Crippen LogP contribution in [-0.4, -0.2) is 34.9 Å². The van der Waals surface area contributed by atoms with Gasteiger partial charge in [-0.05, 0) is 63.1 Å². The number of hydrogen-bond acceptors (Lipinski definition) is 6. The van der Waals surface area contributed by atoms with Gasteiger partial charge in [0.15, 0.2) is 11.6 Å². The van der Waals surface area contributed by atoms with Gasteiger partial charge in [0.05, 0.1) is 6.10 Å². The first-order chi connectivity index (χ1) is 12.1. The van der Waals surface area contributed by atoms with Crippen molar-refractivity contribution in [1.82, 2.24) is 10.2 Å². The molecule has 2 aromatic rings. The molecule has 1 amide bonds. The molecule has 25 heavy (non-hydrogen) atoms. The zero-order valence-electron chi connectivity index (χ0n) is 14.4. The zero-order valence-corrected chi connectivity index (χ0v) is 14.4. The number of rotatable bonds is 6. The minimum Gasteiger partial charge on any atom is -0.491 e. The number of hydrogen-bond donors (Lipinski definition) is 2. The maximum absolute atomic E-state index is 12.0. The standard InChI is InChI=1S/C18H22N4O3/c1-12(2)25-14-7-5-13(6-8-14)19-16-9-10-17(22-21-16)20-18(23)15-4-3-11-24-15/h5-10,12,15H,3-4,11H2,1-2H3,(H,19,21)(H,20,22,23). The number of amides is 1. The van der Waals surface area contributed by atoms with E-state index in [2.05, 4.69) is 20.8 Å². The Kier molecular flexibility index (Phi) is 5.45. The fraction of sp³-hybridized carbons (Fsp3) is 0.389. The third-order valence-electron chi connectivity index (χ3n) is 3.64. The van der Waals surface area contributed by atoms with Crippen molar-refractivity contribution in [2.45, 2.75) is 38.9 Å². The van der Waals surface area contributed by atoms with Crippen molar-refractivity contribution in [2.75, 3.05) is 17.2 Å². The summed E-state index contributed by atoms with van der Waals surface area (Å²) in [6, 6.07) is 11.1. The first-order valence-corrected chi connectivity index (χ1v) is 8.40. The number of carbonyl (C=O) groups is 1. The van der Waals surface area contributed by atoms with E-state index >= 15 is 0 Å². The van der Waals surface area contributed by atoms with Gasteiger partial charge in [0, 0.05) is 12.3 Å². The van der Waals surface area contributed by atoms with Gasteiger partial charge in [-0.1, -0.05) is 0 Å². The second-order valence-corrected chi connectivity index (χ2v) is 6.11. The van der Waals surface area contributed by atoms with Gasteiger partial charge in [-0.25, -0.2) is 0 Å². The molecule has 1 aromatic heterocycles. The predicted molar refractivity (Wildman–Crippen MR) is 95.1 cm³/mol. The highest BCUT2D eigenvalue weighted by Gasteiger charge is 2.23. The number of anilines is 3. The van der Waals surface area contributed by atoms with Crippen molar-refractivity contribution in [3.8, 4) is 5.75 Å². The van der Waals surface area contributed by atoms with Crippen LogP contribution in [0.25, 0.3) is 0 Å². The molecule has 7 nitrogen and oxygen atoms in total. The summed E-state index contributed by atoms with van der Waals surface area (Å²) >= 11 is 0. The Morgan fingerprint density at radius 1 is 1.16 bits per heavy atom. The fourth-order valence-electron chi connectivity index (χ4n) is 2.49. The molecule has 7 heteroatoms. The molecule has 0 spiro atoms. The van der Waals surface area contributed by atoms with E-state index in [9.17, 15) is 4.79 Å². The van der Waals surface area contributed by atoms with E-state index in [4.69, 9.17) is 9.47 Å². The number of nitrogens with zero attached hydrogens (tertiary/aromatic N) is 2. The van der Waals surface area contributed by atoms with Gasteiger partial charge >= 0.3 is 0 Å². The van der Waals surface area contributed by atoms with E-state index in [1.165, 1.54) is 0 Å². The molecule has 2 N–H and O–H groups in total. The van der Waals surface area contributed by atoms with Gasteiger partial charge in [-0.3, -0.25) is 4.79 Å². The summed E-state index contributed by atoms with van der Waals surface area (Å²) in [6.07, 6.45) is 1.41. The summed E-state index contributed by atoms with van der Waals surface area (Å²) in [5.41, 5.74) is 0.876. The lowest BCUT2D eigenvalue weighted by atomic mass is 10.2. The second kappa shape index (κ2) is 7.94. The normalized spacial score (nSPS) is 16.7. The van der Waals surface area contributed by atoms with Crippen LogP contribution in [0.15, 0.2) is 36.4 Å². The molecule has 132 valence electrons. The SMILES string of the molecule is CC(C)Oc1ccc(Nc2ccc(NC(=O)C3CCCO3)nn2)cc1. The van der Waals surface area contributed by atoms with E-state index in [0.717, 1.165) is 24.3 Å². The monoisotopic (exact) mass is 342 g/mol. The summed E-state index contributed by atoms with van der Waals surface area (Å²) in [4.78, 5) is 12.0. The summed E-state index contributed by atoms with van der Waals surface area (Å²) in [6.45, 7) is 4.61. The van der Waals surface area contributed by atoms with Gasteiger partial charge in [0.2, 0.25) is 0 Å². The molecule has 3 rings (SSSR count). The molecule has 1 fully saturated rings. The molecule has 1 aliphatic rings. The van der Waals surface area contributed by atoms with Gasteiger partial charge in [0.25, 0.3) is 5.91 Å². The average Bonchev–Trinajstić information content (AvgIpc) is 3.13. The molecular formula is C18H22N4O3. The third kappa shape index (κ3) is 4.90. The Morgan fingerprint density at radius 2 is 1.88 bits per heavy atom. The Hall–Kier alpha value is -2.67. The van der Waals surface area contributed by atoms with Crippen LogP contribution in [0.4, 0.5) is 17.3 Å². The average molecular weight is 342 g/mol. The maximum atomic E-state index is 12.0. The van der Waals surface area contributed by atoms with E-state index in [1.807, 2.05) is 38.1 Å². The Balaban J connectivity index is 1.56. The summed E-state index contributed by atoms with van der Waals surface area (Å²) in [5, 5.41) is 14.0. The highest BCUT2D eigenvalue weighted by atomic mass is 16.5. The molecule has 2 heterocycles. The smallest absolute Gasteiger partial charge is 0.254 e. The molecule has 1 unspecified atom stereocenters. The summed E-state index contributed by atoms with van der Waals surface area (Å²) < 4.78 is 10.9. The van der Waals surface area contributed by atoms with E-state index < -0.39 is 0 Å². The van der Waals surface area contributed by atoms with Gasteiger partial charge in [-0.2, -0.15) is 0 Å². The molecule has 0 aliphatic carbocycles. The lowest BCUT2D eigenvalue weighted by Gasteiger charge is -2.11. The number of ether oxygens (including phenoxy) is 2. The lowest BCUT2D eigenvalue weighted by Crippen LogP contribution is -2.27. The quantitative estimate of drug-likeness (QED) is 0.839. The molecule has 1 aliphatic heterocycles. The van der Waals surface area contributed by atoms with Crippen molar-refractivity contribution >= 4 is 23.2 Å². The van der Waals surface area contributed by atoms with Crippen LogP contribution in [0.1, 0.15) is 26.7 Å². The number of carbonyl (C=O) groups excluding carboxylic acids is 1. The van der Waals surface area contributed by atoms with Crippen molar-refractivity contribution in [1.29, 1.82) is 0 Å². The highest BCUT2D eigenvalue weighted by Crippen LogP contribution is 2.20. The largest absolute Gasteiger partial charge is 0.491 e. The second-order valence-electron chi connectivity index (χ2n) is 6.11. The van der Waals surface area contributed by atoms with Crippen molar-refractivity contribution in [2.24, 2.45) is 0 Å². The predicted octanol–water partition coefficient (Wildman–Crippen LogP) is 3.12. The van der Waals surface area contributed by atoms with Gasteiger partial charge < -0.3 is 20.1 Å². The Bertz CT molecular complexity index is 695. The Labute approximate surface area is 146 Å². The number of benzene rings is 1. The molecule has 0 radical (unpaired) electrons. The molecule has 0 bridgehead atoms. The van der Waals surface area contributed by atoms with Crippen LogP contribution in [0.3, 0.4) is 0 Å². The topological polar surface area (TPSA) is 85.4 Å².